The van der Waals surface area contributed by atoms with Gasteiger partial charge in [-0.3, -0.25) is 10.0 Å². The molecular formula is C14H21N3O2S. The first-order valence-electron chi connectivity index (χ1n) is 6.80. The van der Waals surface area contributed by atoms with Gasteiger partial charge >= 0.3 is 0 Å². The van der Waals surface area contributed by atoms with Crippen LogP contribution in [0.3, 0.4) is 0 Å². The molecule has 0 radical (unpaired) electrons. The molecule has 0 atom stereocenters. The van der Waals surface area contributed by atoms with E-state index in [-0.39, 0.29) is 0 Å². The topological polar surface area (TPSA) is 64.6 Å². The molecule has 1 aliphatic heterocycles. The molecule has 0 bridgehead atoms. The van der Waals surface area contributed by atoms with Crippen LogP contribution >= 0.6 is 11.9 Å². The molecule has 0 saturated carbocycles. The Labute approximate surface area is 123 Å². The van der Waals surface area contributed by atoms with E-state index in [9.17, 15) is 4.79 Å². The molecule has 110 valence electrons. The van der Waals surface area contributed by atoms with Gasteiger partial charge in [-0.05, 0) is 50.4 Å². The van der Waals surface area contributed by atoms with E-state index in [1.165, 1.54) is 0 Å². The van der Waals surface area contributed by atoms with E-state index in [4.69, 9.17) is 5.21 Å². The first kappa shape index (κ1) is 15.3. The predicted octanol–water partition coefficient (Wildman–Crippen LogP) is 1.80. The average molecular weight is 295 g/mol. The van der Waals surface area contributed by atoms with E-state index in [0.29, 0.717) is 11.6 Å². The lowest BCUT2D eigenvalue weighted by Crippen LogP contribution is -2.38. The zero-order chi connectivity index (χ0) is 14.5. The van der Waals surface area contributed by atoms with E-state index in [2.05, 4.69) is 9.62 Å². The number of hydroxylamine groups is 1. The van der Waals surface area contributed by atoms with Crippen LogP contribution in [0.15, 0.2) is 23.1 Å². The van der Waals surface area contributed by atoms with Crippen molar-refractivity contribution in [1.82, 2.24) is 15.1 Å². The van der Waals surface area contributed by atoms with Gasteiger partial charge in [0.1, 0.15) is 0 Å². The van der Waals surface area contributed by atoms with Crippen molar-refractivity contribution in [3.8, 4) is 0 Å². The number of carbonyl (C=O) groups is 1. The Morgan fingerprint density at radius 1 is 1.40 bits per heavy atom. The summed E-state index contributed by atoms with van der Waals surface area (Å²) in [6, 6.07) is 6.32. The monoisotopic (exact) mass is 295 g/mol. The van der Waals surface area contributed by atoms with Gasteiger partial charge in [-0.15, -0.1) is 0 Å². The van der Waals surface area contributed by atoms with Crippen LogP contribution in [-0.2, 0) is 0 Å². The van der Waals surface area contributed by atoms with E-state index in [0.717, 1.165) is 36.4 Å². The first-order valence-corrected chi connectivity index (χ1v) is 7.57. The number of nitrogens with one attached hydrogen (secondary N) is 2. The largest absolute Gasteiger partial charge is 0.317 e. The summed E-state index contributed by atoms with van der Waals surface area (Å²) in [5.41, 5.74) is 3.15. The van der Waals surface area contributed by atoms with Gasteiger partial charge in [0.2, 0.25) is 0 Å². The highest BCUT2D eigenvalue weighted by molar-refractivity contribution is 7.97. The third-order valence-corrected chi connectivity index (χ3v) is 4.81. The number of amides is 1. The van der Waals surface area contributed by atoms with Crippen LogP contribution in [0.5, 0.6) is 0 Å². The second-order valence-corrected chi connectivity index (χ2v) is 6.11. The van der Waals surface area contributed by atoms with Crippen molar-refractivity contribution in [3.63, 3.8) is 0 Å². The number of benzene rings is 1. The SMILES string of the molecule is CNC1CCN(Sc2cccc(C)c2C(=O)NO)CC1. The van der Waals surface area contributed by atoms with Crippen molar-refractivity contribution >= 4 is 17.9 Å². The van der Waals surface area contributed by atoms with Gasteiger partial charge in [0.15, 0.2) is 0 Å². The summed E-state index contributed by atoms with van der Waals surface area (Å²) in [6.07, 6.45) is 2.22. The molecule has 1 fully saturated rings. The van der Waals surface area contributed by atoms with Crippen LogP contribution in [-0.4, -0.2) is 41.6 Å². The van der Waals surface area contributed by atoms with Crippen LogP contribution in [0.2, 0.25) is 0 Å². The molecule has 1 amide bonds. The fourth-order valence-corrected chi connectivity index (χ4v) is 3.59. The van der Waals surface area contributed by atoms with Gasteiger partial charge in [0.05, 0.1) is 5.56 Å². The zero-order valence-corrected chi connectivity index (χ0v) is 12.7. The molecular weight excluding hydrogens is 274 g/mol. The van der Waals surface area contributed by atoms with Crippen molar-refractivity contribution in [3.05, 3.63) is 29.3 Å². The van der Waals surface area contributed by atoms with E-state index < -0.39 is 5.91 Å². The molecule has 0 aromatic heterocycles. The summed E-state index contributed by atoms with van der Waals surface area (Å²) in [4.78, 5) is 12.7. The van der Waals surface area contributed by atoms with Crippen molar-refractivity contribution in [2.75, 3.05) is 20.1 Å². The van der Waals surface area contributed by atoms with Crippen LogP contribution in [0, 0.1) is 6.92 Å². The molecule has 0 spiro atoms. The predicted molar refractivity (Wildman–Crippen MR) is 79.9 cm³/mol. The molecule has 0 aliphatic carbocycles. The maximum absolute atomic E-state index is 11.8. The minimum atomic E-state index is -0.448. The number of aryl methyl sites for hydroxylation is 1. The fraction of sp³-hybridized carbons (Fsp3) is 0.500. The molecule has 3 N–H and O–H groups in total. The van der Waals surface area contributed by atoms with Crippen molar-refractivity contribution in [2.45, 2.75) is 30.7 Å². The van der Waals surface area contributed by atoms with Gasteiger partial charge in [-0.1, -0.05) is 12.1 Å². The number of nitrogens with zero attached hydrogens (tertiary/aromatic N) is 1. The Kier molecular flexibility index (Phi) is 5.42. The van der Waals surface area contributed by atoms with Crippen molar-refractivity contribution in [1.29, 1.82) is 0 Å². The lowest BCUT2D eigenvalue weighted by atomic mass is 10.1. The van der Waals surface area contributed by atoms with Gasteiger partial charge in [0.25, 0.3) is 5.91 Å². The molecule has 1 aromatic rings. The summed E-state index contributed by atoms with van der Waals surface area (Å²) >= 11 is 1.60. The van der Waals surface area contributed by atoms with E-state index >= 15 is 0 Å². The Bertz CT molecular complexity index is 473. The van der Waals surface area contributed by atoms with Crippen LogP contribution < -0.4 is 10.8 Å². The maximum atomic E-state index is 11.8. The highest BCUT2D eigenvalue weighted by Gasteiger charge is 2.21. The Hall–Kier alpha value is -1.08. The summed E-state index contributed by atoms with van der Waals surface area (Å²) < 4.78 is 2.27. The lowest BCUT2D eigenvalue weighted by molar-refractivity contribution is 0.0702. The van der Waals surface area contributed by atoms with E-state index in [1.54, 1.807) is 17.4 Å². The molecule has 1 saturated heterocycles. The third-order valence-electron chi connectivity index (χ3n) is 3.65. The summed E-state index contributed by atoms with van der Waals surface area (Å²) in [5.74, 6) is -0.448. The second kappa shape index (κ2) is 7.08. The molecule has 1 aliphatic rings. The van der Waals surface area contributed by atoms with Crippen molar-refractivity contribution < 1.29 is 10.0 Å². The van der Waals surface area contributed by atoms with Crippen LogP contribution in [0.25, 0.3) is 0 Å². The molecule has 1 aromatic carbocycles. The summed E-state index contributed by atoms with van der Waals surface area (Å²) in [5, 5.41) is 12.2. The number of hydrogen-bond donors (Lipinski definition) is 3. The van der Waals surface area contributed by atoms with Crippen LogP contribution in [0.4, 0.5) is 0 Å². The normalized spacial score (nSPS) is 17.1. The molecule has 6 heteroatoms. The molecule has 0 unspecified atom stereocenters. The molecule has 5 nitrogen and oxygen atoms in total. The number of piperidine rings is 1. The smallest absolute Gasteiger partial charge is 0.276 e. The minimum Gasteiger partial charge on any atom is -0.317 e. The Morgan fingerprint density at radius 3 is 2.70 bits per heavy atom. The minimum absolute atomic E-state index is 0.448. The highest BCUT2D eigenvalue weighted by atomic mass is 32.2. The Morgan fingerprint density at radius 2 is 2.10 bits per heavy atom. The van der Waals surface area contributed by atoms with Crippen molar-refractivity contribution in [2.24, 2.45) is 0 Å². The highest BCUT2D eigenvalue weighted by Crippen LogP contribution is 2.30. The molecule has 1 heterocycles. The van der Waals surface area contributed by atoms with Gasteiger partial charge in [-0.2, -0.15) is 0 Å². The van der Waals surface area contributed by atoms with Crippen LogP contribution in [0.1, 0.15) is 28.8 Å². The quantitative estimate of drug-likeness (QED) is 0.449. The summed E-state index contributed by atoms with van der Waals surface area (Å²) in [6.45, 7) is 3.86. The fourth-order valence-electron chi connectivity index (χ4n) is 2.44. The number of carbonyl (C=O) groups excluding carboxylic acids is 1. The molecule has 20 heavy (non-hydrogen) atoms. The van der Waals surface area contributed by atoms with Gasteiger partial charge < -0.3 is 5.32 Å². The Balaban J connectivity index is 2.10. The third kappa shape index (κ3) is 3.52. The lowest BCUT2D eigenvalue weighted by Gasteiger charge is -2.31. The van der Waals surface area contributed by atoms with E-state index in [1.807, 2.05) is 32.2 Å². The summed E-state index contributed by atoms with van der Waals surface area (Å²) in [7, 11) is 2.00. The average Bonchev–Trinajstić information content (AvgIpc) is 2.47. The molecule has 2 rings (SSSR count). The number of rotatable bonds is 4. The number of hydrogen-bond acceptors (Lipinski definition) is 5. The second-order valence-electron chi connectivity index (χ2n) is 4.97. The van der Waals surface area contributed by atoms with Gasteiger partial charge in [-0.25, -0.2) is 9.79 Å². The standard InChI is InChI=1S/C14H21N3O2S/c1-10-4-3-5-12(13(10)14(18)16-19)20-17-8-6-11(15-2)7-9-17/h3-5,11,15,19H,6-9H2,1-2H3,(H,16,18). The maximum Gasteiger partial charge on any atom is 0.276 e. The van der Waals surface area contributed by atoms with Gasteiger partial charge in [0, 0.05) is 24.0 Å². The first-order chi connectivity index (χ1) is 9.65. The zero-order valence-electron chi connectivity index (χ0n) is 11.8.